The van der Waals surface area contributed by atoms with Gasteiger partial charge >= 0.3 is 0 Å². The van der Waals surface area contributed by atoms with Crippen LogP contribution in [0.4, 0.5) is 17.1 Å². The first kappa shape index (κ1) is 33.1. The maximum absolute atomic E-state index is 4.41. The Balaban J connectivity index is 1.23. The van der Waals surface area contributed by atoms with E-state index in [9.17, 15) is 0 Å². The molecule has 1 heteroatoms. The average molecular weight is 726 g/mol. The molecule has 0 saturated carbocycles. The number of para-hydroxylation sites is 1. The molecule has 0 atom stereocenters. The highest BCUT2D eigenvalue weighted by atomic mass is 15.1. The molecule has 2 aliphatic rings. The zero-order chi connectivity index (χ0) is 38.1. The van der Waals surface area contributed by atoms with Crippen LogP contribution in [0.2, 0.25) is 0 Å². The predicted octanol–water partition coefficient (Wildman–Crippen LogP) is 15.1. The highest BCUT2D eigenvalue weighted by Gasteiger charge is 2.52. The van der Waals surface area contributed by atoms with Crippen LogP contribution >= 0.6 is 0 Å². The largest absolute Gasteiger partial charge is 0.310 e. The van der Waals surface area contributed by atoms with Gasteiger partial charge in [0.05, 0.1) is 11.1 Å². The minimum absolute atomic E-state index is 0.502. The fourth-order valence-corrected chi connectivity index (χ4v) is 10.1. The molecule has 268 valence electrons. The number of benzene rings is 9. The zero-order valence-electron chi connectivity index (χ0n) is 31.8. The fraction of sp³-hybridized carbons (Fsp3) is 0.0357. The molecule has 0 heterocycles. The first-order valence-corrected chi connectivity index (χ1v) is 19.8. The van der Waals surface area contributed by atoms with E-state index in [0.29, 0.717) is 0 Å². The number of nitrogens with zero attached hydrogens (tertiary/aromatic N) is 1. The van der Waals surface area contributed by atoms with Crippen LogP contribution in [-0.2, 0) is 5.41 Å². The smallest absolute Gasteiger partial charge is 0.0726 e. The van der Waals surface area contributed by atoms with Gasteiger partial charge in [0.25, 0.3) is 0 Å². The molecular weight excluding hydrogens is 687 g/mol. The second-order valence-electron chi connectivity index (χ2n) is 15.1. The quantitative estimate of drug-likeness (QED) is 0.154. The summed E-state index contributed by atoms with van der Waals surface area (Å²) in [7, 11) is 0. The molecule has 57 heavy (non-hydrogen) atoms. The molecule has 1 nitrogen and oxygen atoms in total. The summed E-state index contributed by atoms with van der Waals surface area (Å²) in [6, 6.07) is 69.4. The van der Waals surface area contributed by atoms with E-state index < -0.39 is 5.41 Å². The third-order valence-corrected chi connectivity index (χ3v) is 12.4. The Morgan fingerprint density at radius 2 is 0.947 bits per heavy atom. The molecule has 0 fully saturated rings. The summed E-state index contributed by atoms with van der Waals surface area (Å²) < 4.78 is 0. The number of allylic oxidation sites excluding steroid dienone is 5. The van der Waals surface area contributed by atoms with Gasteiger partial charge in [-0.05, 0) is 120 Å². The van der Waals surface area contributed by atoms with E-state index in [-0.39, 0.29) is 0 Å². The highest BCUT2D eigenvalue weighted by molar-refractivity contribution is 6.25. The summed E-state index contributed by atoms with van der Waals surface area (Å²) in [6.07, 6.45) is 6.56. The second kappa shape index (κ2) is 12.9. The fourth-order valence-electron chi connectivity index (χ4n) is 10.1. The Hall–Kier alpha value is -7.22. The maximum atomic E-state index is 4.41. The third kappa shape index (κ3) is 4.70. The Morgan fingerprint density at radius 1 is 0.439 bits per heavy atom. The van der Waals surface area contributed by atoms with Crippen LogP contribution in [0.5, 0.6) is 0 Å². The Labute approximate surface area is 333 Å². The lowest BCUT2D eigenvalue weighted by Gasteiger charge is -2.33. The number of anilines is 3. The summed E-state index contributed by atoms with van der Waals surface area (Å²) in [5.41, 5.74) is 15.3. The van der Waals surface area contributed by atoms with Crippen LogP contribution in [0, 0.1) is 0 Å². The Bertz CT molecular complexity index is 3080. The molecule has 9 aromatic carbocycles. The molecule has 0 radical (unpaired) electrons. The summed E-state index contributed by atoms with van der Waals surface area (Å²) in [5, 5.41) is 7.58. The lowest BCUT2D eigenvalue weighted by atomic mass is 9.69. The van der Waals surface area contributed by atoms with E-state index in [4.69, 9.17) is 0 Å². The van der Waals surface area contributed by atoms with Crippen molar-refractivity contribution in [3.63, 3.8) is 0 Å². The summed E-state index contributed by atoms with van der Waals surface area (Å²) in [4.78, 5) is 2.48. The predicted molar refractivity (Wildman–Crippen MR) is 243 cm³/mol. The highest BCUT2D eigenvalue weighted by Crippen LogP contribution is 2.63. The first-order chi connectivity index (χ1) is 28.2. The Kier molecular flexibility index (Phi) is 7.52. The molecule has 9 aromatic rings. The van der Waals surface area contributed by atoms with Gasteiger partial charge in [-0.25, -0.2) is 0 Å². The molecule has 0 bridgehead atoms. The molecule has 0 saturated heterocycles. The normalized spacial score (nSPS) is 13.8. The van der Waals surface area contributed by atoms with Gasteiger partial charge in [0.1, 0.15) is 0 Å². The lowest BCUT2D eigenvalue weighted by Crippen LogP contribution is -2.27. The van der Waals surface area contributed by atoms with Crippen LogP contribution in [-0.4, -0.2) is 0 Å². The van der Waals surface area contributed by atoms with Crippen molar-refractivity contribution in [2.45, 2.75) is 12.3 Å². The minimum Gasteiger partial charge on any atom is -0.310 e. The zero-order valence-corrected chi connectivity index (χ0v) is 31.8. The van der Waals surface area contributed by atoms with E-state index in [1.165, 1.54) is 88.0 Å². The van der Waals surface area contributed by atoms with Crippen LogP contribution in [0.25, 0.3) is 60.1 Å². The van der Waals surface area contributed by atoms with Crippen LogP contribution in [0.15, 0.2) is 218 Å². The summed E-state index contributed by atoms with van der Waals surface area (Å²) in [6.45, 7) is 6.53. The Morgan fingerprint density at radius 3 is 1.58 bits per heavy atom. The maximum Gasteiger partial charge on any atom is 0.0726 e. The first-order valence-electron chi connectivity index (χ1n) is 19.8. The van der Waals surface area contributed by atoms with Gasteiger partial charge in [-0.2, -0.15) is 0 Å². The monoisotopic (exact) mass is 725 g/mol. The van der Waals surface area contributed by atoms with Crippen molar-refractivity contribution in [1.29, 1.82) is 0 Å². The third-order valence-electron chi connectivity index (χ3n) is 12.4. The molecule has 2 aliphatic carbocycles. The van der Waals surface area contributed by atoms with Crippen LogP contribution in [0.1, 0.15) is 29.2 Å². The van der Waals surface area contributed by atoms with E-state index in [2.05, 4.69) is 225 Å². The van der Waals surface area contributed by atoms with Gasteiger partial charge in [-0.1, -0.05) is 183 Å². The SMILES string of the molecule is C=CC1=C(/C=C\C)C2(c3cc(N(c4ccc5c6ccccc6c6ccccc6c5c4)c4ccccc4-c4ccccc4)ccc31)c1ccccc1-c1ccccc12. The van der Waals surface area contributed by atoms with Gasteiger partial charge in [0.2, 0.25) is 0 Å². The number of fused-ring (bicyclic) bond motifs is 13. The molecule has 0 amide bonds. The van der Waals surface area contributed by atoms with Crippen LogP contribution in [0.3, 0.4) is 0 Å². The topological polar surface area (TPSA) is 3.24 Å². The van der Waals surface area contributed by atoms with Crippen LogP contribution < -0.4 is 4.90 Å². The van der Waals surface area contributed by atoms with E-state index >= 15 is 0 Å². The molecule has 0 aliphatic heterocycles. The van der Waals surface area contributed by atoms with Crippen molar-refractivity contribution in [3.8, 4) is 22.3 Å². The molecule has 0 N–H and O–H groups in total. The molecule has 0 aromatic heterocycles. The van der Waals surface area contributed by atoms with Crippen molar-refractivity contribution in [3.05, 3.63) is 241 Å². The van der Waals surface area contributed by atoms with Crippen molar-refractivity contribution >= 4 is 55.0 Å². The minimum atomic E-state index is -0.502. The van der Waals surface area contributed by atoms with Gasteiger partial charge in [0.15, 0.2) is 0 Å². The van der Waals surface area contributed by atoms with E-state index in [1.54, 1.807) is 0 Å². The molecule has 11 rings (SSSR count). The van der Waals surface area contributed by atoms with Gasteiger partial charge < -0.3 is 4.90 Å². The summed E-state index contributed by atoms with van der Waals surface area (Å²) >= 11 is 0. The van der Waals surface area contributed by atoms with Gasteiger partial charge in [0, 0.05) is 16.9 Å². The van der Waals surface area contributed by atoms with E-state index in [1.807, 2.05) is 0 Å². The number of hydrogen-bond donors (Lipinski definition) is 0. The average Bonchev–Trinajstić information content (AvgIpc) is 3.73. The van der Waals surface area contributed by atoms with Crippen molar-refractivity contribution < 1.29 is 0 Å². The van der Waals surface area contributed by atoms with Crippen molar-refractivity contribution in [1.82, 2.24) is 0 Å². The van der Waals surface area contributed by atoms with Gasteiger partial charge in [-0.3, -0.25) is 0 Å². The summed E-state index contributed by atoms with van der Waals surface area (Å²) in [5.74, 6) is 0. The standard InChI is InChI=1S/C56H39N/c1-3-18-51-40(4-2)49-34-32-39(36-54(49)56(51)52-28-15-12-26-47(52)48-27-13-16-29-53(48)56)57(55-30-17-14-21-41(55)37-19-6-5-7-20-37)38-31-33-46-44-24-9-8-22-42(44)43-23-10-11-25-45(43)50(46)35-38/h3-36H,2H2,1H3/b18-3-. The molecular formula is C56H39N. The van der Waals surface area contributed by atoms with Gasteiger partial charge in [-0.15, -0.1) is 0 Å². The number of rotatable bonds is 6. The number of hydrogen-bond acceptors (Lipinski definition) is 1. The second-order valence-corrected chi connectivity index (χ2v) is 15.1. The molecule has 1 spiro atoms. The van der Waals surface area contributed by atoms with Crippen molar-refractivity contribution in [2.75, 3.05) is 4.90 Å². The van der Waals surface area contributed by atoms with E-state index in [0.717, 1.165) is 17.1 Å². The molecule has 0 unspecified atom stereocenters. The lowest BCUT2D eigenvalue weighted by molar-refractivity contribution is 0.786. The van der Waals surface area contributed by atoms with Crippen molar-refractivity contribution in [2.24, 2.45) is 0 Å².